The van der Waals surface area contributed by atoms with Crippen molar-refractivity contribution in [1.82, 2.24) is 44.8 Å². The minimum absolute atomic E-state index is 0.500. The van der Waals surface area contributed by atoms with Crippen LogP contribution < -0.4 is 0 Å². The van der Waals surface area contributed by atoms with E-state index >= 15 is 0 Å². The number of aromatic nitrogens is 7. The summed E-state index contributed by atoms with van der Waals surface area (Å²) in [7, 11) is 0. The lowest BCUT2D eigenvalue weighted by molar-refractivity contribution is 0.0504. The fourth-order valence-electron chi connectivity index (χ4n) is 7.55. The molecule has 0 saturated carbocycles. The first kappa shape index (κ1) is 25.9. The van der Waals surface area contributed by atoms with Crippen LogP contribution in [0.1, 0.15) is 43.3 Å². The Morgan fingerprint density at radius 2 is 1.21 bits per heavy atom. The van der Waals surface area contributed by atoms with E-state index in [0.717, 1.165) is 53.0 Å². The van der Waals surface area contributed by atoms with E-state index in [2.05, 4.69) is 113 Å². The molecule has 3 aromatic heterocycles. The Morgan fingerprint density at radius 1 is 0.667 bits per heavy atom. The van der Waals surface area contributed by atoms with Gasteiger partial charge in [-0.3, -0.25) is 0 Å². The Balaban J connectivity index is 0.000000128. The lowest BCUT2D eigenvalue weighted by atomic mass is 9.84. The van der Waals surface area contributed by atoms with Crippen molar-refractivity contribution >= 4 is 10.9 Å². The summed E-state index contributed by atoms with van der Waals surface area (Å²) < 4.78 is 4.21. The van der Waals surface area contributed by atoms with Gasteiger partial charge < -0.3 is 14.8 Å². The molecule has 9 heteroatoms. The number of H-pyrrole nitrogens is 1. The number of aromatic amines is 1. The summed E-state index contributed by atoms with van der Waals surface area (Å²) in [6, 6.07) is 18.0. The predicted octanol–water partition coefficient (Wildman–Crippen LogP) is 5.21. The number of hydrogen-bond acceptors (Lipinski definition) is 6. The van der Waals surface area contributed by atoms with Gasteiger partial charge in [-0.15, -0.1) is 10.2 Å². The highest BCUT2D eigenvalue weighted by Crippen LogP contribution is 2.37. The molecule has 6 aliphatic rings. The van der Waals surface area contributed by atoms with Gasteiger partial charge in [0, 0.05) is 41.3 Å². The Morgan fingerprint density at radius 3 is 1.76 bits per heavy atom. The highest BCUT2D eigenvalue weighted by atomic mass is 15.5. The second-order valence-electron chi connectivity index (χ2n) is 12.7. The van der Waals surface area contributed by atoms with Gasteiger partial charge in [-0.1, -0.05) is 46.3 Å². The average Bonchev–Trinajstić information content (AvgIpc) is 3.84. The molecule has 4 bridgehead atoms. The first-order valence-electron chi connectivity index (χ1n) is 15.6. The molecule has 0 amide bonds. The lowest BCUT2D eigenvalue weighted by Gasteiger charge is -2.44. The van der Waals surface area contributed by atoms with Gasteiger partial charge in [-0.2, -0.15) is 0 Å². The Hall–Kier alpha value is -3.82. The highest BCUT2D eigenvalue weighted by molar-refractivity contribution is 5.84. The maximum Gasteiger partial charge on any atom is 0.113 e. The number of piperidine rings is 6. The van der Waals surface area contributed by atoms with Crippen molar-refractivity contribution in [1.29, 1.82) is 0 Å². The van der Waals surface area contributed by atoms with Crippen LogP contribution in [0.4, 0.5) is 0 Å². The molecular formula is C33H39N9. The van der Waals surface area contributed by atoms with Gasteiger partial charge in [-0.25, -0.2) is 9.36 Å². The van der Waals surface area contributed by atoms with Crippen LogP contribution in [0.2, 0.25) is 0 Å². The Labute approximate surface area is 246 Å². The minimum Gasteiger partial charge on any atom is -0.361 e. The molecule has 6 fully saturated rings. The SMILES string of the molecule is Cc1ccc(-c2cn(C3CN4CCC3CC4)nn2)cc1.c1cc2cc(-c3cn(C4CN5CCC4CC5)nn3)ccc2[nH]1. The monoisotopic (exact) mass is 561 g/mol. The Bertz CT molecular complexity index is 1650. The van der Waals surface area contributed by atoms with Crippen molar-refractivity contribution in [3.05, 3.63) is 72.7 Å². The first-order chi connectivity index (χ1) is 20.7. The molecule has 5 aromatic rings. The van der Waals surface area contributed by atoms with Gasteiger partial charge in [0.2, 0.25) is 0 Å². The first-order valence-corrected chi connectivity index (χ1v) is 15.6. The summed E-state index contributed by atoms with van der Waals surface area (Å²) in [5.74, 6) is 1.55. The van der Waals surface area contributed by atoms with Crippen LogP contribution in [0.15, 0.2) is 67.1 Å². The molecule has 9 heterocycles. The third-order valence-corrected chi connectivity index (χ3v) is 10.1. The summed E-state index contributed by atoms with van der Waals surface area (Å²) in [5, 5.41) is 18.8. The number of fused-ring (bicyclic) bond motifs is 7. The van der Waals surface area contributed by atoms with E-state index in [-0.39, 0.29) is 0 Å². The maximum atomic E-state index is 4.43. The zero-order chi connectivity index (χ0) is 28.0. The third kappa shape index (κ3) is 4.94. The minimum atomic E-state index is 0.500. The fraction of sp³-hybridized carbons (Fsp3) is 0.455. The molecule has 6 aliphatic heterocycles. The fourth-order valence-corrected chi connectivity index (χ4v) is 7.55. The van der Waals surface area contributed by atoms with Crippen LogP contribution >= 0.6 is 0 Å². The van der Waals surface area contributed by atoms with Gasteiger partial charge in [0.1, 0.15) is 11.4 Å². The molecule has 42 heavy (non-hydrogen) atoms. The zero-order valence-corrected chi connectivity index (χ0v) is 24.3. The van der Waals surface area contributed by atoms with Crippen molar-refractivity contribution in [2.75, 3.05) is 39.3 Å². The molecule has 1 N–H and O–H groups in total. The lowest BCUT2D eigenvalue weighted by Crippen LogP contribution is -2.48. The largest absolute Gasteiger partial charge is 0.361 e. The van der Waals surface area contributed by atoms with Gasteiger partial charge in [0.15, 0.2) is 0 Å². The van der Waals surface area contributed by atoms with Gasteiger partial charge >= 0.3 is 0 Å². The number of hydrogen-bond donors (Lipinski definition) is 1. The molecule has 2 atom stereocenters. The van der Waals surface area contributed by atoms with E-state index in [1.165, 1.54) is 62.8 Å². The standard InChI is InChI=1S/C17H19N5.C16H20N4/c1-2-15-14(3-6-18-15)9-13(1)16-10-22(20-19-16)17-11-21-7-4-12(17)5-8-21;1-12-2-4-13(5-3-12)15-10-20(18-17-15)16-11-19-8-6-14(16)7-9-19/h1-3,6,9-10,12,17-18H,4-5,7-8,11H2;2-5,10,14,16H,6-9,11H2,1H3. The summed E-state index contributed by atoms with van der Waals surface area (Å²) in [4.78, 5) is 8.33. The molecule has 9 nitrogen and oxygen atoms in total. The topological polar surface area (TPSA) is 83.7 Å². The molecular weight excluding hydrogens is 522 g/mol. The Kier molecular flexibility index (Phi) is 6.64. The van der Waals surface area contributed by atoms with Crippen LogP contribution in [0, 0.1) is 18.8 Å². The van der Waals surface area contributed by atoms with Crippen molar-refractivity contribution in [2.24, 2.45) is 11.8 Å². The normalized spacial score (nSPS) is 28.1. The van der Waals surface area contributed by atoms with Crippen molar-refractivity contribution in [3.63, 3.8) is 0 Å². The van der Waals surface area contributed by atoms with Crippen molar-refractivity contribution < 1.29 is 0 Å². The number of aryl methyl sites for hydroxylation is 1. The summed E-state index contributed by atoms with van der Waals surface area (Å²) >= 11 is 0. The van der Waals surface area contributed by atoms with Crippen LogP contribution in [-0.2, 0) is 0 Å². The molecule has 11 rings (SSSR count). The van der Waals surface area contributed by atoms with Crippen LogP contribution in [-0.4, -0.2) is 84.0 Å². The number of nitrogens with one attached hydrogen (secondary N) is 1. The summed E-state index contributed by atoms with van der Waals surface area (Å²) in [6.07, 6.45) is 11.4. The number of benzene rings is 2. The van der Waals surface area contributed by atoms with Crippen LogP contribution in [0.25, 0.3) is 33.4 Å². The molecule has 6 saturated heterocycles. The molecule has 216 valence electrons. The number of rotatable bonds is 4. The van der Waals surface area contributed by atoms with E-state index in [9.17, 15) is 0 Å². The van der Waals surface area contributed by atoms with Crippen molar-refractivity contribution in [2.45, 2.75) is 44.7 Å². The highest BCUT2D eigenvalue weighted by Gasteiger charge is 2.37. The zero-order valence-electron chi connectivity index (χ0n) is 24.3. The molecule has 2 aromatic carbocycles. The van der Waals surface area contributed by atoms with Gasteiger partial charge in [0.25, 0.3) is 0 Å². The van der Waals surface area contributed by atoms with Crippen molar-refractivity contribution in [3.8, 4) is 22.5 Å². The van der Waals surface area contributed by atoms with E-state index in [1.54, 1.807) is 0 Å². The summed E-state index contributed by atoms with van der Waals surface area (Å²) in [6.45, 7) is 9.42. The van der Waals surface area contributed by atoms with Crippen LogP contribution in [0.5, 0.6) is 0 Å². The smallest absolute Gasteiger partial charge is 0.113 e. The van der Waals surface area contributed by atoms with Gasteiger partial charge in [-0.05, 0) is 88.8 Å². The average molecular weight is 562 g/mol. The quantitative estimate of drug-likeness (QED) is 0.324. The van der Waals surface area contributed by atoms with E-state index in [0.29, 0.717) is 12.1 Å². The number of nitrogens with zero attached hydrogens (tertiary/aromatic N) is 8. The molecule has 2 unspecified atom stereocenters. The van der Waals surface area contributed by atoms with E-state index < -0.39 is 0 Å². The van der Waals surface area contributed by atoms with E-state index in [1.807, 2.05) is 6.20 Å². The molecule has 0 aliphatic carbocycles. The second-order valence-corrected chi connectivity index (χ2v) is 12.7. The molecule has 0 spiro atoms. The second kappa shape index (κ2) is 10.8. The predicted molar refractivity (Wildman–Crippen MR) is 164 cm³/mol. The summed E-state index contributed by atoms with van der Waals surface area (Å²) in [5.41, 5.74) is 6.69. The maximum absolute atomic E-state index is 4.43. The van der Waals surface area contributed by atoms with Crippen LogP contribution in [0.3, 0.4) is 0 Å². The van der Waals surface area contributed by atoms with E-state index in [4.69, 9.17) is 0 Å². The van der Waals surface area contributed by atoms with Gasteiger partial charge in [0.05, 0.1) is 24.5 Å². The molecule has 0 radical (unpaired) electrons. The third-order valence-electron chi connectivity index (χ3n) is 10.1.